The second kappa shape index (κ2) is 11.1. The molecule has 0 spiro atoms. The Labute approximate surface area is 230 Å². The van der Waals surface area contributed by atoms with Crippen molar-refractivity contribution in [3.63, 3.8) is 0 Å². The fourth-order valence-electron chi connectivity index (χ4n) is 4.72. The molecule has 2 N–H and O–H groups in total. The van der Waals surface area contributed by atoms with Gasteiger partial charge in [0.05, 0.1) is 5.56 Å². The van der Waals surface area contributed by atoms with Gasteiger partial charge in [0.25, 0.3) is 0 Å². The first kappa shape index (κ1) is 27.4. The van der Waals surface area contributed by atoms with Crippen molar-refractivity contribution < 1.29 is 18.0 Å². The van der Waals surface area contributed by atoms with Crippen molar-refractivity contribution in [1.82, 2.24) is 24.4 Å². The number of nitrogen functional groups attached to an aromatic ring is 1. The highest BCUT2D eigenvalue weighted by atomic mass is 19.4. The summed E-state index contributed by atoms with van der Waals surface area (Å²) >= 11 is 0. The topological polar surface area (TPSA) is 79.8 Å². The molecule has 1 aliphatic heterocycles. The third-order valence-electron chi connectivity index (χ3n) is 7.09. The Morgan fingerprint density at radius 3 is 2.55 bits per heavy atom. The number of halogens is 3. The fraction of sp³-hybridized carbons (Fsp3) is 0.300. The zero-order valence-corrected chi connectivity index (χ0v) is 22.3. The number of nitrogens with zero attached hydrogens (tertiary/aromatic N) is 5. The number of benzene rings is 2. The van der Waals surface area contributed by atoms with Crippen LogP contribution in [0.4, 0.5) is 19.1 Å². The van der Waals surface area contributed by atoms with Crippen LogP contribution in [0.3, 0.4) is 0 Å². The lowest BCUT2D eigenvalue weighted by Gasteiger charge is -2.33. The lowest BCUT2D eigenvalue weighted by molar-refractivity contribution is -0.138. The maximum atomic E-state index is 14.0. The first-order chi connectivity index (χ1) is 19.0. The number of piperazine rings is 1. The van der Waals surface area contributed by atoms with Crippen LogP contribution in [0.25, 0.3) is 5.65 Å². The van der Waals surface area contributed by atoms with Gasteiger partial charge in [-0.2, -0.15) is 18.2 Å². The minimum absolute atomic E-state index is 0.140. The van der Waals surface area contributed by atoms with E-state index in [1.54, 1.807) is 47.1 Å². The number of aryl methyl sites for hydroxylation is 1. The summed E-state index contributed by atoms with van der Waals surface area (Å²) in [4.78, 5) is 21.4. The summed E-state index contributed by atoms with van der Waals surface area (Å²) in [5.74, 6) is 6.05. The van der Waals surface area contributed by atoms with Gasteiger partial charge in [0.15, 0.2) is 11.4 Å². The number of likely N-dealkylation sites (N-methyl/N-ethyl adjacent to an activating group) is 1. The van der Waals surface area contributed by atoms with E-state index in [2.05, 4.69) is 26.8 Å². The van der Waals surface area contributed by atoms with E-state index in [1.807, 2.05) is 18.9 Å². The fourth-order valence-corrected chi connectivity index (χ4v) is 4.72. The van der Waals surface area contributed by atoms with E-state index in [4.69, 9.17) is 5.73 Å². The summed E-state index contributed by atoms with van der Waals surface area (Å²) in [5, 5.41) is 4.04. The number of alkyl halides is 3. The molecule has 0 aliphatic carbocycles. The van der Waals surface area contributed by atoms with E-state index in [1.165, 1.54) is 6.07 Å². The van der Waals surface area contributed by atoms with Gasteiger partial charge in [0.2, 0.25) is 5.95 Å². The van der Waals surface area contributed by atoms with Crippen LogP contribution in [0.5, 0.6) is 0 Å². The number of pyridine rings is 1. The Bertz CT molecular complexity index is 1620. The first-order valence-corrected chi connectivity index (χ1v) is 12.9. The van der Waals surface area contributed by atoms with Gasteiger partial charge >= 0.3 is 6.18 Å². The van der Waals surface area contributed by atoms with Crippen molar-refractivity contribution in [2.24, 2.45) is 0 Å². The van der Waals surface area contributed by atoms with Crippen LogP contribution >= 0.6 is 0 Å². The molecule has 10 heteroatoms. The van der Waals surface area contributed by atoms with Crippen LogP contribution in [-0.2, 0) is 19.1 Å². The number of carbonyl (C=O) groups excluding carboxylic acids is 1. The SMILES string of the molecule is Cc1ccc(C(=O)Cc2ccc(CN3CCN(C)CC3)c(C(F)(F)F)c2)cc1C#Cc1ccn2nc(N)nc2c1. The van der Waals surface area contributed by atoms with Crippen molar-refractivity contribution in [2.75, 3.05) is 39.0 Å². The Balaban J connectivity index is 1.34. The van der Waals surface area contributed by atoms with Crippen molar-refractivity contribution in [1.29, 1.82) is 0 Å². The van der Waals surface area contributed by atoms with E-state index in [0.717, 1.165) is 37.8 Å². The minimum atomic E-state index is -4.51. The third kappa shape index (κ3) is 6.33. The summed E-state index contributed by atoms with van der Waals surface area (Å²) in [6.07, 6.45) is -2.94. The summed E-state index contributed by atoms with van der Waals surface area (Å²) in [7, 11) is 2.00. The minimum Gasteiger partial charge on any atom is -0.366 e. The second-order valence-electron chi connectivity index (χ2n) is 10.1. The Morgan fingerprint density at radius 1 is 1.02 bits per heavy atom. The number of fused-ring (bicyclic) bond motifs is 1. The van der Waals surface area contributed by atoms with E-state index >= 15 is 0 Å². The van der Waals surface area contributed by atoms with Gasteiger partial charge in [-0.15, -0.1) is 5.10 Å². The molecule has 4 aromatic rings. The Morgan fingerprint density at radius 2 is 1.80 bits per heavy atom. The molecule has 206 valence electrons. The molecule has 0 saturated carbocycles. The van der Waals surface area contributed by atoms with Gasteiger partial charge in [0.1, 0.15) is 0 Å². The molecule has 1 aliphatic rings. The van der Waals surface area contributed by atoms with Crippen LogP contribution in [0.1, 0.15) is 43.7 Å². The molecule has 0 bridgehead atoms. The van der Waals surface area contributed by atoms with Crippen molar-refractivity contribution in [3.8, 4) is 11.8 Å². The molecule has 40 heavy (non-hydrogen) atoms. The van der Waals surface area contributed by atoms with E-state index in [-0.39, 0.29) is 30.3 Å². The molecular formula is C30H29F3N6O. The van der Waals surface area contributed by atoms with Crippen LogP contribution in [0.2, 0.25) is 0 Å². The maximum absolute atomic E-state index is 14.0. The zero-order valence-electron chi connectivity index (χ0n) is 22.3. The number of carbonyl (C=O) groups is 1. The molecular weight excluding hydrogens is 517 g/mol. The van der Waals surface area contributed by atoms with E-state index in [0.29, 0.717) is 27.9 Å². The number of hydrogen-bond acceptors (Lipinski definition) is 6. The highest BCUT2D eigenvalue weighted by molar-refractivity contribution is 5.98. The van der Waals surface area contributed by atoms with Crippen LogP contribution < -0.4 is 5.73 Å². The van der Waals surface area contributed by atoms with Crippen LogP contribution in [-0.4, -0.2) is 63.4 Å². The first-order valence-electron chi connectivity index (χ1n) is 12.9. The molecule has 0 radical (unpaired) electrons. The summed E-state index contributed by atoms with van der Waals surface area (Å²) < 4.78 is 43.5. The normalized spacial score (nSPS) is 14.7. The molecule has 1 fully saturated rings. The van der Waals surface area contributed by atoms with Gasteiger partial charge in [0, 0.05) is 62.0 Å². The number of ketones is 1. The largest absolute Gasteiger partial charge is 0.416 e. The van der Waals surface area contributed by atoms with Gasteiger partial charge < -0.3 is 10.6 Å². The van der Waals surface area contributed by atoms with Gasteiger partial charge in [-0.1, -0.05) is 36.1 Å². The molecule has 7 nitrogen and oxygen atoms in total. The van der Waals surface area contributed by atoms with E-state index < -0.39 is 11.7 Å². The highest BCUT2D eigenvalue weighted by Gasteiger charge is 2.34. The molecule has 2 aromatic heterocycles. The lowest BCUT2D eigenvalue weighted by Crippen LogP contribution is -2.44. The van der Waals surface area contributed by atoms with Gasteiger partial charge in [-0.3, -0.25) is 9.69 Å². The summed E-state index contributed by atoms with van der Waals surface area (Å²) in [5.41, 5.74) is 8.71. The number of hydrogen-bond donors (Lipinski definition) is 1. The average molecular weight is 547 g/mol. The second-order valence-corrected chi connectivity index (χ2v) is 10.1. The average Bonchev–Trinajstić information content (AvgIpc) is 3.29. The summed E-state index contributed by atoms with van der Waals surface area (Å²) in [6.45, 7) is 5.20. The maximum Gasteiger partial charge on any atom is 0.416 e. The number of rotatable bonds is 5. The number of aromatic nitrogens is 3. The number of nitrogens with two attached hydrogens (primary N) is 1. The lowest BCUT2D eigenvalue weighted by atomic mass is 9.96. The zero-order chi connectivity index (χ0) is 28.4. The Kier molecular flexibility index (Phi) is 7.61. The molecule has 5 rings (SSSR count). The predicted octanol–water partition coefficient (Wildman–Crippen LogP) is 4.21. The van der Waals surface area contributed by atoms with Crippen molar-refractivity contribution in [3.05, 3.63) is 93.7 Å². The van der Waals surface area contributed by atoms with E-state index in [9.17, 15) is 18.0 Å². The smallest absolute Gasteiger partial charge is 0.366 e. The molecule has 3 heterocycles. The molecule has 1 saturated heterocycles. The van der Waals surface area contributed by atoms with Crippen LogP contribution in [0, 0.1) is 18.8 Å². The summed E-state index contributed by atoms with van der Waals surface area (Å²) in [6, 6.07) is 12.9. The van der Waals surface area contributed by atoms with Gasteiger partial charge in [-0.25, -0.2) is 4.52 Å². The molecule has 0 unspecified atom stereocenters. The van der Waals surface area contributed by atoms with Crippen LogP contribution in [0.15, 0.2) is 54.7 Å². The monoisotopic (exact) mass is 546 g/mol. The predicted molar refractivity (Wildman–Crippen MR) is 147 cm³/mol. The number of Topliss-reactive ketones (excluding diaryl/α,β-unsaturated/α-hetero) is 1. The quantitative estimate of drug-likeness (QED) is 0.299. The van der Waals surface area contributed by atoms with Gasteiger partial charge in [-0.05, 0) is 54.9 Å². The third-order valence-corrected chi connectivity index (χ3v) is 7.09. The van der Waals surface area contributed by atoms with Crippen molar-refractivity contribution in [2.45, 2.75) is 26.1 Å². The number of anilines is 1. The highest BCUT2D eigenvalue weighted by Crippen LogP contribution is 2.34. The molecule has 0 amide bonds. The molecule has 2 aromatic carbocycles. The Hall–Kier alpha value is -4.20. The standard InChI is InChI=1S/C30H29F3N6O/c1-20-3-6-24(18-23(20)7-4-21-9-10-39-28(17-21)35-29(34)36-39)27(40)16-22-5-8-25(26(15-22)30(31,32)33)19-38-13-11-37(2)12-14-38/h3,5-6,8-10,15,17-18H,11-14,16,19H2,1-2H3,(H2,34,36). The van der Waals surface area contributed by atoms with Crippen molar-refractivity contribution >= 4 is 17.4 Å². The molecule has 0 atom stereocenters.